The number of nitrogens with one attached hydrogen (secondary N) is 9. The Morgan fingerprint density at radius 2 is 1.11 bits per heavy atom. The molecule has 2 aliphatic rings. The van der Waals surface area contributed by atoms with Gasteiger partial charge in [0, 0.05) is 132 Å². The van der Waals surface area contributed by atoms with Crippen LogP contribution >= 0.6 is 23.4 Å². The van der Waals surface area contributed by atoms with E-state index in [1.165, 1.54) is 57.1 Å². The van der Waals surface area contributed by atoms with Crippen LogP contribution in [0.4, 0.5) is 4.79 Å². The first-order chi connectivity index (χ1) is 54.0. The molecule has 0 spiro atoms. The number of carbonyl (C=O) groups excluding carboxylic acids is 14. The topological polar surface area (TPSA) is 514 Å². The van der Waals surface area contributed by atoms with Crippen LogP contribution in [0.2, 0.25) is 5.02 Å². The molecule has 7 aromatic rings. The van der Waals surface area contributed by atoms with E-state index in [2.05, 4.69) is 57.8 Å². The monoisotopic (exact) mass is 1590 g/mol. The molecular weight excluding hydrogens is 1500 g/mol. The minimum atomic E-state index is -1.85. The Labute approximate surface area is 659 Å². The number of para-hydroxylation sites is 2. The molecule has 18 N–H and O–H groups in total. The molecule has 1 saturated heterocycles. The SMILES string of the molecule is CN1C(=O)[C@H](CO)NC(=O)[C@H](C2CCC2)NC(=O)[C@H](CC(N)=O)NC(=O)[C@H](Cc2cccnc2)N(C)C(=O)[C@@H](Cc2cccc(C(N)=O)c2)NC(=O)CSC[C@@H](C(N)=O)NC(=O)[C@H](Cc2cn(C)c3ccccc23)NC(=O)[C@H](CCCCNC(N)=O)NC(=O)[C@H](Cc2cn(C)c3c(Cl)cccc23)NC(=O)[C@@H]1Cc1cccnc1. The molecule has 36 heteroatoms. The van der Waals surface area contributed by atoms with E-state index in [-0.39, 0.29) is 69.2 Å². The second kappa shape index (κ2) is 39.8. The number of unbranched alkanes of at least 4 members (excludes halogenated alkanes) is 1. The Kier molecular flexibility index (Phi) is 29.9. The Morgan fingerprint density at radius 1 is 0.558 bits per heavy atom. The summed E-state index contributed by atoms with van der Waals surface area (Å²) in [6.45, 7) is -1.04. The number of amides is 15. The number of likely N-dealkylation sites (N-methyl/N-ethyl adjacent to an activating group) is 2. The Morgan fingerprint density at radius 3 is 1.70 bits per heavy atom. The Bertz CT molecular complexity index is 4680. The number of rotatable bonds is 21. The van der Waals surface area contributed by atoms with Crippen LogP contribution in [0.1, 0.15) is 83.1 Å². The third-order valence-electron chi connectivity index (χ3n) is 20.0. The van der Waals surface area contributed by atoms with Gasteiger partial charge in [0.2, 0.25) is 76.8 Å². The highest BCUT2D eigenvalue weighted by Gasteiger charge is 2.42. The van der Waals surface area contributed by atoms with E-state index in [1.807, 2.05) is 6.07 Å². The normalized spacial score (nSPS) is 22.3. The molecule has 10 atom stereocenters. The summed E-state index contributed by atoms with van der Waals surface area (Å²) in [7, 11) is 5.96. The number of benzene rings is 3. The van der Waals surface area contributed by atoms with Crippen molar-refractivity contribution in [1.29, 1.82) is 0 Å². The Hall–Kier alpha value is -12.0. The summed E-state index contributed by atoms with van der Waals surface area (Å²) in [6.07, 6.45) is 8.34. The maximum Gasteiger partial charge on any atom is 0.312 e. The van der Waals surface area contributed by atoms with Gasteiger partial charge in [-0.2, -0.15) is 0 Å². The van der Waals surface area contributed by atoms with Gasteiger partial charge in [0.05, 0.1) is 29.3 Å². The molecule has 15 amide bonds. The van der Waals surface area contributed by atoms with Crippen molar-refractivity contribution < 1.29 is 72.2 Å². The summed E-state index contributed by atoms with van der Waals surface area (Å²) < 4.78 is 3.52. The maximum absolute atomic E-state index is 15.6. The first-order valence-electron chi connectivity index (χ1n) is 36.7. The summed E-state index contributed by atoms with van der Waals surface area (Å²) in [5.74, 6) is -14.2. The van der Waals surface area contributed by atoms with Crippen molar-refractivity contribution in [3.05, 3.63) is 167 Å². The first-order valence-corrected chi connectivity index (χ1v) is 38.2. The van der Waals surface area contributed by atoms with E-state index in [0.717, 1.165) is 27.1 Å². The van der Waals surface area contributed by atoms with Crippen LogP contribution < -0.4 is 70.8 Å². The summed E-state index contributed by atoms with van der Waals surface area (Å²) in [5, 5.41) is 36.7. The van der Waals surface area contributed by atoms with Crippen molar-refractivity contribution in [2.24, 2.45) is 42.9 Å². The number of nitrogens with zero attached hydrogens (tertiary/aromatic N) is 6. The zero-order chi connectivity index (χ0) is 81.7. The van der Waals surface area contributed by atoms with Crippen LogP contribution in [0.3, 0.4) is 0 Å². The maximum atomic E-state index is 15.6. The number of urea groups is 1. The van der Waals surface area contributed by atoms with E-state index in [4.69, 9.17) is 34.5 Å². The number of nitrogens with two attached hydrogens (primary N) is 4. The standard InChI is InChI=1S/C77H94ClN19O15S/c1-94-37-47(49-20-5-6-24-59(49)94)32-53-70(105)92-58(67(81)102)40-113-41-63(100)86-56(29-42-14-9-19-46(28-42)66(80)101)75(110)96(3)60(30-43-15-12-25-83-35-43)73(108)90-55(34-62(79)99)71(106)93-64(45-17-10-18-45)74(109)91-57(39-98)76(111)97(4)61(31-44-16-13-26-84-36-44)72(107)89-54(33-48-38-95(2)65-50(48)21-11-22-51(65)78)69(104)87-52(68(103)88-53)23-7-8-27-85-77(82)112/h5-6,9,11-16,19-22,24-26,28,35-38,45,52-58,60-61,64,98H,7-8,10,17-18,23,27,29-34,39-41H2,1-4H3,(H2,79,99)(H2,80,101)(H2,81,102)(H,86,100)(H,87,104)(H,88,103)(H,89,107)(H,90,108)(H,91,109)(H,92,105)(H,93,106)(H3,82,85,112)/t52-,53-,54-,55-,56+,57-,58-,60-,61-,64-/m0/s1. The number of primary amides is 4. The molecule has 34 nitrogen and oxygen atoms in total. The number of aryl methyl sites for hydroxylation is 2. The van der Waals surface area contributed by atoms with E-state index in [0.29, 0.717) is 68.4 Å². The van der Waals surface area contributed by atoms with Crippen molar-refractivity contribution in [1.82, 2.24) is 76.8 Å². The van der Waals surface area contributed by atoms with Crippen molar-refractivity contribution in [2.75, 3.05) is 38.8 Å². The number of fused-ring (bicyclic) bond motifs is 2. The number of hydrogen-bond donors (Lipinski definition) is 14. The van der Waals surface area contributed by atoms with Crippen molar-refractivity contribution in [3.63, 3.8) is 0 Å². The van der Waals surface area contributed by atoms with Crippen LogP contribution in [0, 0.1) is 5.92 Å². The number of pyridine rings is 2. The summed E-state index contributed by atoms with van der Waals surface area (Å²) in [4.78, 5) is 212. The summed E-state index contributed by atoms with van der Waals surface area (Å²) >= 11 is 7.56. The van der Waals surface area contributed by atoms with Gasteiger partial charge in [0.1, 0.15) is 60.4 Å². The second-order valence-electron chi connectivity index (χ2n) is 28.1. The van der Waals surface area contributed by atoms with Gasteiger partial charge in [-0.25, -0.2) is 4.79 Å². The van der Waals surface area contributed by atoms with Gasteiger partial charge in [-0.3, -0.25) is 72.3 Å². The van der Waals surface area contributed by atoms with Crippen molar-refractivity contribution in [2.45, 2.75) is 137 Å². The predicted molar refractivity (Wildman–Crippen MR) is 418 cm³/mol. The molecule has 600 valence electrons. The number of carbonyl (C=O) groups is 14. The predicted octanol–water partition coefficient (Wildman–Crippen LogP) is -1.00. The molecule has 113 heavy (non-hydrogen) atoms. The lowest BCUT2D eigenvalue weighted by atomic mass is 9.79. The van der Waals surface area contributed by atoms with Crippen molar-refractivity contribution >= 4 is 128 Å². The highest BCUT2D eigenvalue weighted by Crippen LogP contribution is 2.32. The van der Waals surface area contributed by atoms with Crippen LogP contribution in [0.15, 0.2) is 128 Å². The third-order valence-corrected chi connectivity index (χ3v) is 21.4. The van der Waals surface area contributed by atoms with Gasteiger partial charge in [-0.15, -0.1) is 11.8 Å². The van der Waals surface area contributed by atoms with E-state index >= 15 is 33.6 Å². The molecule has 5 heterocycles. The molecule has 0 radical (unpaired) electrons. The second-order valence-corrected chi connectivity index (χ2v) is 29.6. The van der Waals surface area contributed by atoms with Gasteiger partial charge >= 0.3 is 6.03 Å². The Balaban J connectivity index is 1.14. The van der Waals surface area contributed by atoms with Crippen LogP contribution in [-0.2, 0) is 104 Å². The van der Waals surface area contributed by atoms with E-state index < -0.39 is 168 Å². The zero-order valence-corrected chi connectivity index (χ0v) is 64.3. The lowest BCUT2D eigenvalue weighted by Gasteiger charge is -2.36. The fourth-order valence-electron chi connectivity index (χ4n) is 13.8. The fraction of sp³-hybridized carbons (Fsp3) is 0.403. The lowest BCUT2D eigenvalue weighted by Crippen LogP contribution is -2.63. The minimum Gasteiger partial charge on any atom is -0.394 e. The van der Waals surface area contributed by atoms with Crippen LogP contribution in [0.5, 0.6) is 0 Å². The number of aliphatic hydroxyl groups excluding tert-OH is 1. The molecule has 1 aliphatic heterocycles. The molecule has 0 unspecified atom stereocenters. The van der Waals surface area contributed by atoms with E-state index in [1.54, 1.807) is 102 Å². The number of aromatic nitrogens is 4. The van der Waals surface area contributed by atoms with E-state index in [9.17, 15) is 38.7 Å². The quantitative estimate of drug-likeness (QED) is 0.0384. The smallest absolute Gasteiger partial charge is 0.312 e. The molecule has 0 bridgehead atoms. The van der Waals surface area contributed by atoms with Gasteiger partial charge in [-0.1, -0.05) is 72.6 Å². The average Bonchev–Trinajstić information content (AvgIpc) is 1.58. The summed E-state index contributed by atoms with van der Waals surface area (Å²) in [6, 6.07) is 7.43. The minimum absolute atomic E-state index is 0.0404. The van der Waals surface area contributed by atoms with Crippen LogP contribution in [-0.4, -0.2) is 216 Å². The molecule has 4 aromatic heterocycles. The molecule has 1 saturated carbocycles. The lowest BCUT2D eigenvalue weighted by molar-refractivity contribution is -0.144. The largest absolute Gasteiger partial charge is 0.394 e. The molecule has 1 aliphatic carbocycles. The van der Waals surface area contributed by atoms with Gasteiger partial charge in [0.25, 0.3) is 0 Å². The van der Waals surface area contributed by atoms with Gasteiger partial charge < -0.3 is 94.8 Å². The number of aliphatic hydroxyl groups is 1. The number of thioether (sulfide) groups is 1. The van der Waals surface area contributed by atoms with Crippen molar-refractivity contribution in [3.8, 4) is 0 Å². The van der Waals surface area contributed by atoms with Gasteiger partial charge in [0.15, 0.2) is 0 Å². The molecule has 2 fully saturated rings. The fourth-order valence-corrected chi connectivity index (χ4v) is 15.0. The third kappa shape index (κ3) is 22.9. The van der Waals surface area contributed by atoms with Crippen LogP contribution in [0.25, 0.3) is 21.8 Å². The molecular formula is C77H94ClN19O15S. The first kappa shape index (κ1) is 85.0. The molecule has 9 rings (SSSR count). The highest BCUT2D eigenvalue weighted by molar-refractivity contribution is 8.00. The number of halogens is 1. The summed E-state index contributed by atoms with van der Waals surface area (Å²) in [5.41, 5.74) is 26.3. The molecule has 3 aromatic carbocycles. The van der Waals surface area contributed by atoms with Gasteiger partial charge in [-0.05, 0) is 102 Å². The zero-order valence-electron chi connectivity index (χ0n) is 62.7. The number of hydrogen-bond acceptors (Lipinski definition) is 18. The highest BCUT2D eigenvalue weighted by atomic mass is 35.5. The average molecular weight is 1590 g/mol.